The van der Waals surface area contributed by atoms with Crippen LogP contribution in [-0.2, 0) is 4.79 Å². The molecule has 0 unspecified atom stereocenters. The van der Waals surface area contributed by atoms with Crippen molar-refractivity contribution in [1.29, 1.82) is 0 Å². The summed E-state index contributed by atoms with van der Waals surface area (Å²) in [6.45, 7) is 2.06. The van der Waals surface area contributed by atoms with Gasteiger partial charge in [0.2, 0.25) is 5.91 Å². The highest BCUT2D eigenvalue weighted by molar-refractivity contribution is 7.10. The molecule has 0 aliphatic rings. The molecule has 1 aromatic heterocycles. The van der Waals surface area contributed by atoms with E-state index in [1.165, 1.54) is 0 Å². The molecule has 3 rings (SSSR count). The molecular weight excluding hydrogens is 380 g/mol. The second-order valence-corrected chi connectivity index (χ2v) is 7.48. The van der Waals surface area contributed by atoms with E-state index in [9.17, 15) is 4.79 Å². The molecule has 0 spiro atoms. The van der Waals surface area contributed by atoms with Gasteiger partial charge in [0.05, 0.1) is 25.4 Å². The van der Waals surface area contributed by atoms with E-state index >= 15 is 0 Å². The van der Waals surface area contributed by atoms with E-state index in [0.717, 1.165) is 16.0 Å². The maximum absolute atomic E-state index is 12.5. The van der Waals surface area contributed by atoms with Gasteiger partial charge < -0.3 is 10.1 Å². The van der Waals surface area contributed by atoms with Gasteiger partial charge >= 0.3 is 0 Å². The number of halogens is 1. The van der Waals surface area contributed by atoms with Crippen LogP contribution in [0, 0.1) is 6.92 Å². The highest BCUT2D eigenvalue weighted by Crippen LogP contribution is 2.31. The molecule has 0 aliphatic carbocycles. The first-order valence-corrected chi connectivity index (χ1v) is 9.80. The van der Waals surface area contributed by atoms with E-state index < -0.39 is 0 Å². The fourth-order valence-electron chi connectivity index (χ4n) is 2.80. The minimum atomic E-state index is -0.146. The van der Waals surface area contributed by atoms with Crippen LogP contribution in [0.15, 0.2) is 60.0 Å². The lowest BCUT2D eigenvalue weighted by molar-refractivity contribution is -0.115. The van der Waals surface area contributed by atoms with Gasteiger partial charge in [-0.2, -0.15) is 0 Å². The Bertz CT molecular complexity index is 898. The van der Waals surface area contributed by atoms with E-state index in [0.29, 0.717) is 16.5 Å². The summed E-state index contributed by atoms with van der Waals surface area (Å²) in [5.74, 6) is 0.393. The van der Waals surface area contributed by atoms with E-state index in [1.807, 2.05) is 42.6 Å². The van der Waals surface area contributed by atoms with Crippen molar-refractivity contribution < 1.29 is 9.53 Å². The number of nitrogens with one attached hydrogen (secondary N) is 2. The molecule has 0 saturated carbocycles. The number of carbonyl (C=O) groups excluding carboxylic acids is 1. The summed E-state index contributed by atoms with van der Waals surface area (Å²) in [5.41, 5.74) is 2.60. The minimum Gasteiger partial charge on any atom is -0.495 e. The molecule has 6 heteroatoms. The van der Waals surface area contributed by atoms with E-state index in [2.05, 4.69) is 28.8 Å². The lowest BCUT2D eigenvalue weighted by Gasteiger charge is -2.18. The fraction of sp³-hybridized carbons (Fsp3) is 0.190. The topological polar surface area (TPSA) is 50.4 Å². The molecule has 0 fully saturated rings. The van der Waals surface area contributed by atoms with Crippen molar-refractivity contribution in [1.82, 2.24) is 5.32 Å². The summed E-state index contributed by atoms with van der Waals surface area (Å²) in [4.78, 5) is 13.7. The van der Waals surface area contributed by atoms with E-state index in [1.54, 1.807) is 24.5 Å². The van der Waals surface area contributed by atoms with Gasteiger partial charge in [0.1, 0.15) is 5.75 Å². The fourth-order valence-corrected chi connectivity index (χ4v) is 3.78. The van der Waals surface area contributed by atoms with Gasteiger partial charge in [-0.25, -0.2) is 0 Å². The molecule has 1 heterocycles. The third-order valence-electron chi connectivity index (χ3n) is 4.18. The largest absolute Gasteiger partial charge is 0.495 e. The Kier molecular flexibility index (Phi) is 6.50. The Morgan fingerprint density at radius 2 is 1.96 bits per heavy atom. The average Bonchev–Trinajstić information content (AvgIpc) is 3.20. The first kappa shape index (κ1) is 19.4. The van der Waals surface area contributed by atoms with Crippen molar-refractivity contribution in [3.63, 3.8) is 0 Å². The number of thiophene rings is 1. The van der Waals surface area contributed by atoms with Crippen LogP contribution in [0.1, 0.15) is 22.0 Å². The summed E-state index contributed by atoms with van der Waals surface area (Å²) < 4.78 is 5.32. The second-order valence-electron chi connectivity index (χ2n) is 6.09. The zero-order valence-corrected chi connectivity index (χ0v) is 16.7. The van der Waals surface area contributed by atoms with Crippen LogP contribution < -0.4 is 15.4 Å². The SMILES string of the molecule is COc1cc(Cl)c(C)cc1NC(=O)CN[C@H](c1ccccc1)c1cccs1. The molecule has 0 bridgehead atoms. The molecule has 2 aromatic carbocycles. The Labute approximate surface area is 168 Å². The number of hydrogen-bond acceptors (Lipinski definition) is 4. The van der Waals surface area contributed by atoms with Gasteiger partial charge in [-0.3, -0.25) is 10.1 Å². The number of amides is 1. The van der Waals surface area contributed by atoms with Crippen molar-refractivity contribution in [3.8, 4) is 5.75 Å². The van der Waals surface area contributed by atoms with Crippen molar-refractivity contribution >= 4 is 34.5 Å². The number of methoxy groups -OCH3 is 1. The maximum Gasteiger partial charge on any atom is 0.238 e. The van der Waals surface area contributed by atoms with Crippen LogP contribution in [0.5, 0.6) is 5.75 Å². The van der Waals surface area contributed by atoms with Gasteiger partial charge in [-0.05, 0) is 35.6 Å². The molecule has 0 radical (unpaired) electrons. The number of hydrogen-bond donors (Lipinski definition) is 2. The van der Waals surface area contributed by atoms with Crippen LogP contribution in [-0.4, -0.2) is 19.6 Å². The predicted octanol–water partition coefficient (Wildman–Crippen LogP) is 5.04. The molecule has 140 valence electrons. The summed E-state index contributed by atoms with van der Waals surface area (Å²) in [7, 11) is 1.55. The lowest BCUT2D eigenvalue weighted by Crippen LogP contribution is -2.31. The molecule has 1 amide bonds. The van der Waals surface area contributed by atoms with Crippen molar-refractivity contribution in [2.45, 2.75) is 13.0 Å². The normalized spacial score (nSPS) is 11.8. The molecule has 4 nitrogen and oxygen atoms in total. The highest BCUT2D eigenvalue weighted by atomic mass is 35.5. The molecule has 2 N–H and O–H groups in total. The molecule has 27 heavy (non-hydrogen) atoms. The Morgan fingerprint density at radius 1 is 1.19 bits per heavy atom. The number of anilines is 1. The van der Waals surface area contributed by atoms with Crippen LogP contribution >= 0.6 is 22.9 Å². The molecular formula is C21H21ClN2O2S. The summed E-state index contributed by atoms with van der Waals surface area (Å²) in [5, 5.41) is 8.89. The predicted molar refractivity (Wildman–Crippen MR) is 112 cm³/mol. The third kappa shape index (κ3) is 4.89. The molecule has 0 saturated heterocycles. The van der Waals surface area contributed by atoms with Gasteiger partial charge in [-0.1, -0.05) is 48.0 Å². The second kappa shape index (κ2) is 9.04. The Morgan fingerprint density at radius 3 is 2.63 bits per heavy atom. The van der Waals surface area contributed by atoms with Crippen LogP contribution in [0.2, 0.25) is 5.02 Å². The highest BCUT2D eigenvalue weighted by Gasteiger charge is 2.17. The van der Waals surface area contributed by atoms with Crippen molar-refractivity contribution in [3.05, 3.63) is 81.0 Å². The average molecular weight is 401 g/mol. The van der Waals surface area contributed by atoms with E-state index in [-0.39, 0.29) is 18.5 Å². The molecule has 1 atom stereocenters. The smallest absolute Gasteiger partial charge is 0.238 e. The number of rotatable bonds is 7. The Balaban J connectivity index is 1.71. The maximum atomic E-state index is 12.5. The molecule has 3 aromatic rings. The zero-order chi connectivity index (χ0) is 19.2. The standard InChI is InChI=1S/C21H21ClN2O2S/c1-14-11-17(18(26-2)12-16(14)22)24-20(25)13-23-21(19-9-6-10-27-19)15-7-4-3-5-8-15/h3-12,21,23H,13H2,1-2H3,(H,24,25)/t21-/m1/s1. The van der Waals surface area contributed by atoms with E-state index in [4.69, 9.17) is 16.3 Å². The van der Waals surface area contributed by atoms with Gasteiger partial charge in [-0.15, -0.1) is 11.3 Å². The summed E-state index contributed by atoms with van der Waals surface area (Å²) in [6.07, 6.45) is 0. The monoisotopic (exact) mass is 400 g/mol. The Hall–Kier alpha value is -2.34. The lowest BCUT2D eigenvalue weighted by atomic mass is 10.1. The van der Waals surface area contributed by atoms with Crippen molar-refractivity contribution in [2.24, 2.45) is 0 Å². The summed E-state index contributed by atoms with van der Waals surface area (Å²) in [6, 6.07) is 17.7. The minimum absolute atomic E-state index is 0.0363. The number of benzene rings is 2. The van der Waals surface area contributed by atoms with Crippen LogP contribution in [0.25, 0.3) is 0 Å². The number of carbonyl (C=O) groups is 1. The summed E-state index contributed by atoms with van der Waals surface area (Å²) >= 11 is 7.79. The molecule has 0 aliphatic heterocycles. The zero-order valence-electron chi connectivity index (χ0n) is 15.2. The van der Waals surface area contributed by atoms with Crippen molar-refractivity contribution in [2.75, 3.05) is 19.0 Å². The first-order chi connectivity index (χ1) is 13.1. The van der Waals surface area contributed by atoms with Crippen LogP contribution in [0.4, 0.5) is 5.69 Å². The third-order valence-corrected chi connectivity index (χ3v) is 5.53. The van der Waals surface area contributed by atoms with Gasteiger partial charge in [0, 0.05) is 16.0 Å². The first-order valence-electron chi connectivity index (χ1n) is 8.54. The van der Waals surface area contributed by atoms with Crippen LogP contribution in [0.3, 0.4) is 0 Å². The quantitative estimate of drug-likeness (QED) is 0.584. The number of aryl methyl sites for hydroxylation is 1. The van der Waals surface area contributed by atoms with Gasteiger partial charge in [0.15, 0.2) is 0 Å². The van der Waals surface area contributed by atoms with Gasteiger partial charge in [0.25, 0.3) is 0 Å². The number of ether oxygens (including phenoxy) is 1.